The van der Waals surface area contributed by atoms with Crippen LogP contribution >= 0.6 is 0 Å². The molecule has 2 aromatic heterocycles. The number of pyridine rings is 1. The lowest BCUT2D eigenvalue weighted by Gasteiger charge is -2.08. The van der Waals surface area contributed by atoms with Crippen molar-refractivity contribution < 1.29 is 18.3 Å². The number of hydrogen-bond acceptors (Lipinski definition) is 4. The van der Waals surface area contributed by atoms with Crippen molar-refractivity contribution in [3.8, 4) is 17.0 Å². The first-order valence-corrected chi connectivity index (χ1v) is 10.2. The van der Waals surface area contributed by atoms with Crippen molar-refractivity contribution in [2.45, 2.75) is 6.54 Å². The van der Waals surface area contributed by atoms with Gasteiger partial charge in [-0.1, -0.05) is 0 Å². The molecule has 0 aliphatic heterocycles. The third kappa shape index (κ3) is 3.98. The Hall–Kier alpha value is -4.33. The van der Waals surface area contributed by atoms with Crippen LogP contribution in [0.2, 0.25) is 0 Å². The van der Waals surface area contributed by atoms with Crippen molar-refractivity contribution >= 4 is 33.4 Å². The van der Waals surface area contributed by atoms with Crippen molar-refractivity contribution in [1.29, 1.82) is 0 Å². The standard InChI is InChI=1S/C25H18F2N4O2/c1-33-19-9-2-15(3-10-19)24-21-13-28-22-11-6-17(27)12-20(22)25(21)31(30-24)14-23(32)29-18-7-4-16(26)5-8-18/h2-13H,14H2,1H3,(H,29,32). The Labute approximate surface area is 187 Å². The van der Waals surface area contributed by atoms with Gasteiger partial charge in [0.25, 0.3) is 0 Å². The Morgan fingerprint density at radius 1 is 0.970 bits per heavy atom. The van der Waals surface area contributed by atoms with Gasteiger partial charge >= 0.3 is 0 Å². The Balaban J connectivity index is 1.61. The van der Waals surface area contributed by atoms with Crippen molar-refractivity contribution in [3.63, 3.8) is 0 Å². The number of aromatic nitrogens is 3. The molecule has 0 bridgehead atoms. The second kappa shape index (κ2) is 8.31. The summed E-state index contributed by atoms with van der Waals surface area (Å²) in [5.41, 5.74) is 3.06. The first-order chi connectivity index (χ1) is 16.0. The number of halogens is 2. The molecule has 0 fully saturated rings. The minimum atomic E-state index is -0.411. The molecule has 0 saturated carbocycles. The maximum absolute atomic E-state index is 14.1. The minimum absolute atomic E-state index is 0.125. The molecule has 0 unspecified atom stereocenters. The second-order valence-electron chi connectivity index (χ2n) is 7.47. The van der Waals surface area contributed by atoms with Crippen molar-refractivity contribution in [2.24, 2.45) is 0 Å². The van der Waals surface area contributed by atoms with Gasteiger partial charge in [0.1, 0.15) is 29.6 Å². The number of benzene rings is 3. The maximum Gasteiger partial charge on any atom is 0.246 e. The van der Waals surface area contributed by atoms with Crippen LogP contribution in [0.3, 0.4) is 0 Å². The summed E-state index contributed by atoms with van der Waals surface area (Å²) in [6.07, 6.45) is 1.68. The number of amides is 1. The summed E-state index contributed by atoms with van der Waals surface area (Å²) >= 11 is 0. The Morgan fingerprint density at radius 3 is 2.42 bits per heavy atom. The van der Waals surface area contributed by atoms with E-state index in [0.717, 1.165) is 5.56 Å². The normalized spacial score (nSPS) is 11.1. The van der Waals surface area contributed by atoms with Gasteiger partial charge in [-0.25, -0.2) is 8.78 Å². The van der Waals surface area contributed by atoms with E-state index in [1.165, 1.54) is 41.1 Å². The lowest BCUT2D eigenvalue weighted by molar-refractivity contribution is -0.116. The monoisotopic (exact) mass is 444 g/mol. The van der Waals surface area contributed by atoms with Gasteiger partial charge in [-0.15, -0.1) is 0 Å². The molecule has 1 amide bonds. The molecule has 3 aromatic carbocycles. The third-order valence-electron chi connectivity index (χ3n) is 5.32. The van der Waals surface area contributed by atoms with Crippen LogP contribution in [-0.2, 0) is 11.3 Å². The summed E-state index contributed by atoms with van der Waals surface area (Å²) in [5.74, 6) is -0.456. The number of methoxy groups -OCH3 is 1. The van der Waals surface area contributed by atoms with Gasteiger partial charge in [-0.2, -0.15) is 5.10 Å². The van der Waals surface area contributed by atoms with Gasteiger partial charge in [0, 0.05) is 28.2 Å². The molecule has 2 heterocycles. The fourth-order valence-electron chi connectivity index (χ4n) is 3.77. The molecule has 5 rings (SSSR count). The van der Waals surface area contributed by atoms with Crippen LogP contribution in [0.15, 0.2) is 72.9 Å². The third-order valence-corrected chi connectivity index (χ3v) is 5.32. The van der Waals surface area contributed by atoms with Crippen LogP contribution in [0.4, 0.5) is 14.5 Å². The van der Waals surface area contributed by atoms with E-state index in [2.05, 4.69) is 15.4 Å². The van der Waals surface area contributed by atoms with E-state index < -0.39 is 11.6 Å². The Morgan fingerprint density at radius 2 is 1.70 bits per heavy atom. The summed E-state index contributed by atoms with van der Waals surface area (Å²) < 4.78 is 34.0. The molecule has 33 heavy (non-hydrogen) atoms. The molecule has 5 aromatic rings. The van der Waals surface area contributed by atoms with E-state index >= 15 is 0 Å². The maximum atomic E-state index is 14.1. The number of fused-ring (bicyclic) bond motifs is 3. The fraction of sp³-hybridized carbons (Fsp3) is 0.0800. The highest BCUT2D eigenvalue weighted by Gasteiger charge is 2.18. The van der Waals surface area contributed by atoms with Crippen LogP contribution in [0.5, 0.6) is 5.75 Å². The number of hydrogen-bond donors (Lipinski definition) is 1. The molecular weight excluding hydrogens is 426 g/mol. The zero-order chi connectivity index (χ0) is 22.9. The van der Waals surface area contributed by atoms with Gasteiger partial charge in [0.05, 0.1) is 18.1 Å². The van der Waals surface area contributed by atoms with E-state index in [1.54, 1.807) is 19.4 Å². The van der Waals surface area contributed by atoms with Gasteiger partial charge in [0.2, 0.25) is 5.91 Å². The summed E-state index contributed by atoms with van der Waals surface area (Å²) in [6.45, 7) is -0.125. The summed E-state index contributed by atoms with van der Waals surface area (Å²) in [7, 11) is 1.59. The first-order valence-electron chi connectivity index (χ1n) is 10.2. The molecule has 0 spiro atoms. The average molecular weight is 444 g/mol. The molecule has 0 atom stereocenters. The number of anilines is 1. The number of rotatable bonds is 5. The lowest BCUT2D eigenvalue weighted by atomic mass is 10.1. The van der Waals surface area contributed by atoms with E-state index in [1.807, 2.05) is 24.3 Å². The smallest absolute Gasteiger partial charge is 0.246 e. The SMILES string of the molecule is COc1ccc(-c2nn(CC(=O)Nc3ccc(F)cc3)c3c2cnc2ccc(F)cc23)cc1. The molecule has 0 saturated heterocycles. The molecular formula is C25H18F2N4O2. The summed E-state index contributed by atoms with van der Waals surface area (Å²) in [5, 5.41) is 8.65. The van der Waals surface area contributed by atoms with Gasteiger partial charge in [-0.05, 0) is 66.7 Å². The zero-order valence-electron chi connectivity index (χ0n) is 17.5. The molecule has 0 radical (unpaired) electrons. The lowest BCUT2D eigenvalue weighted by Crippen LogP contribution is -2.19. The van der Waals surface area contributed by atoms with E-state index in [-0.39, 0.29) is 12.5 Å². The van der Waals surface area contributed by atoms with Crippen molar-refractivity contribution in [3.05, 3.63) is 84.6 Å². The van der Waals surface area contributed by atoms with Crippen LogP contribution in [-0.4, -0.2) is 27.8 Å². The first kappa shape index (κ1) is 20.6. The van der Waals surface area contributed by atoms with Crippen LogP contribution in [0.25, 0.3) is 33.1 Å². The number of ether oxygens (including phenoxy) is 1. The largest absolute Gasteiger partial charge is 0.497 e. The quantitative estimate of drug-likeness (QED) is 0.406. The highest BCUT2D eigenvalue weighted by molar-refractivity contribution is 6.08. The van der Waals surface area contributed by atoms with Crippen molar-refractivity contribution in [1.82, 2.24) is 14.8 Å². The molecule has 1 N–H and O–H groups in total. The highest BCUT2D eigenvalue weighted by atomic mass is 19.1. The molecule has 0 aliphatic rings. The van der Waals surface area contributed by atoms with Gasteiger partial charge < -0.3 is 10.1 Å². The molecule has 6 nitrogen and oxygen atoms in total. The summed E-state index contributed by atoms with van der Waals surface area (Å²) in [4.78, 5) is 17.2. The topological polar surface area (TPSA) is 69.0 Å². The highest BCUT2D eigenvalue weighted by Crippen LogP contribution is 2.33. The predicted molar refractivity (Wildman–Crippen MR) is 122 cm³/mol. The van der Waals surface area contributed by atoms with E-state index in [9.17, 15) is 13.6 Å². The number of nitrogens with zero attached hydrogens (tertiary/aromatic N) is 3. The second-order valence-corrected chi connectivity index (χ2v) is 7.47. The minimum Gasteiger partial charge on any atom is -0.497 e. The molecule has 0 aliphatic carbocycles. The van der Waals surface area contributed by atoms with Gasteiger partial charge in [0.15, 0.2) is 0 Å². The fourth-order valence-corrected chi connectivity index (χ4v) is 3.77. The van der Waals surface area contributed by atoms with Crippen LogP contribution in [0.1, 0.15) is 0 Å². The number of carbonyl (C=O) groups is 1. The Bertz CT molecular complexity index is 1480. The van der Waals surface area contributed by atoms with Crippen LogP contribution in [0, 0.1) is 11.6 Å². The number of carbonyl (C=O) groups excluding carboxylic acids is 1. The Kier molecular flexibility index (Phi) is 5.18. The van der Waals surface area contributed by atoms with E-state index in [0.29, 0.717) is 38.9 Å². The van der Waals surface area contributed by atoms with Crippen LogP contribution < -0.4 is 10.1 Å². The van der Waals surface area contributed by atoms with Gasteiger partial charge in [-0.3, -0.25) is 14.5 Å². The average Bonchev–Trinajstić information content (AvgIpc) is 3.19. The van der Waals surface area contributed by atoms with E-state index in [4.69, 9.17) is 4.74 Å². The van der Waals surface area contributed by atoms with Crippen molar-refractivity contribution in [2.75, 3.05) is 12.4 Å². The zero-order valence-corrected chi connectivity index (χ0v) is 17.5. The summed E-state index contributed by atoms with van der Waals surface area (Å²) in [6, 6.07) is 17.2. The predicted octanol–water partition coefficient (Wildman–Crippen LogP) is 5.18. The molecule has 8 heteroatoms. The number of nitrogens with one attached hydrogen (secondary N) is 1. The molecule has 164 valence electrons.